The fraction of sp³-hybridized carbons (Fsp3) is 0.611. The summed E-state index contributed by atoms with van der Waals surface area (Å²) in [7, 11) is 0. The number of thioether (sulfide) groups is 1. The van der Waals surface area contributed by atoms with Crippen molar-refractivity contribution >= 4 is 53.3 Å². The van der Waals surface area contributed by atoms with Gasteiger partial charge in [0.1, 0.15) is 18.1 Å². The maximum absolute atomic E-state index is 12.7. The summed E-state index contributed by atoms with van der Waals surface area (Å²) in [6.07, 6.45) is -0.656. The molecular formula is C18H29N5O10S. The molecule has 10 N–H and O–H groups in total. The van der Waals surface area contributed by atoms with Crippen molar-refractivity contribution in [1.82, 2.24) is 16.0 Å². The van der Waals surface area contributed by atoms with E-state index in [0.717, 1.165) is 0 Å². The first-order valence-corrected chi connectivity index (χ1v) is 11.3. The predicted octanol–water partition coefficient (Wildman–Crippen LogP) is -3.18. The maximum Gasteiger partial charge on any atom is 0.326 e. The Labute approximate surface area is 198 Å². The van der Waals surface area contributed by atoms with Crippen LogP contribution in [0.5, 0.6) is 0 Å². The van der Waals surface area contributed by atoms with E-state index < -0.39 is 91.4 Å². The van der Waals surface area contributed by atoms with Gasteiger partial charge in [-0.1, -0.05) is 0 Å². The monoisotopic (exact) mass is 507 g/mol. The number of aliphatic carboxylic acids is 3. The zero-order valence-electron chi connectivity index (χ0n) is 18.3. The molecule has 192 valence electrons. The lowest BCUT2D eigenvalue weighted by molar-refractivity contribution is -0.143. The van der Waals surface area contributed by atoms with E-state index in [4.69, 9.17) is 21.7 Å². The summed E-state index contributed by atoms with van der Waals surface area (Å²) in [5, 5.41) is 33.2. The molecule has 15 nitrogen and oxygen atoms in total. The Morgan fingerprint density at radius 1 is 0.765 bits per heavy atom. The molecule has 4 unspecified atom stereocenters. The molecule has 0 aliphatic carbocycles. The third-order valence-electron chi connectivity index (χ3n) is 4.27. The van der Waals surface area contributed by atoms with Crippen molar-refractivity contribution in [1.29, 1.82) is 0 Å². The fourth-order valence-electron chi connectivity index (χ4n) is 2.54. The molecule has 34 heavy (non-hydrogen) atoms. The molecule has 0 bridgehead atoms. The van der Waals surface area contributed by atoms with Gasteiger partial charge in [0.15, 0.2) is 0 Å². The van der Waals surface area contributed by atoms with Crippen LogP contribution in [0.1, 0.15) is 32.1 Å². The van der Waals surface area contributed by atoms with E-state index in [9.17, 15) is 38.7 Å². The molecule has 0 fully saturated rings. The Morgan fingerprint density at radius 3 is 1.76 bits per heavy atom. The summed E-state index contributed by atoms with van der Waals surface area (Å²) >= 11 is 1.33. The lowest BCUT2D eigenvalue weighted by atomic mass is 10.1. The van der Waals surface area contributed by atoms with Crippen LogP contribution in [-0.2, 0) is 33.6 Å². The van der Waals surface area contributed by atoms with Crippen molar-refractivity contribution < 1.29 is 48.9 Å². The number of rotatable bonds is 17. The van der Waals surface area contributed by atoms with E-state index in [1.165, 1.54) is 11.8 Å². The van der Waals surface area contributed by atoms with Gasteiger partial charge in [0.2, 0.25) is 23.6 Å². The molecule has 0 aromatic heterocycles. The van der Waals surface area contributed by atoms with Gasteiger partial charge in [-0.3, -0.25) is 28.8 Å². The van der Waals surface area contributed by atoms with Crippen LogP contribution in [0.25, 0.3) is 0 Å². The molecule has 0 heterocycles. The van der Waals surface area contributed by atoms with Gasteiger partial charge < -0.3 is 42.7 Å². The standard InChI is InChI=1S/C18H29N5O10S/c1-34-5-4-9(21-15(29)8(19)6-14(27)28)16(30)23-11(7-12(20)24)17(31)22-10(18(32)33)2-3-13(25)26/h8-11H,2-7,19H2,1H3,(H2,20,24)(H,21,29)(H,22,31)(H,23,30)(H,25,26)(H,27,28)(H,32,33). The number of hydrogen-bond acceptors (Lipinski definition) is 9. The minimum absolute atomic E-state index is 0.0554. The largest absolute Gasteiger partial charge is 0.481 e. The molecule has 16 heteroatoms. The highest BCUT2D eigenvalue weighted by Gasteiger charge is 2.31. The molecule has 0 saturated carbocycles. The van der Waals surface area contributed by atoms with Crippen molar-refractivity contribution in [2.24, 2.45) is 11.5 Å². The second-order valence-electron chi connectivity index (χ2n) is 7.11. The van der Waals surface area contributed by atoms with E-state index >= 15 is 0 Å². The number of nitrogens with one attached hydrogen (secondary N) is 3. The molecule has 4 amide bonds. The second kappa shape index (κ2) is 15.4. The van der Waals surface area contributed by atoms with Crippen molar-refractivity contribution in [2.75, 3.05) is 12.0 Å². The molecule has 0 aromatic carbocycles. The zero-order valence-corrected chi connectivity index (χ0v) is 19.1. The van der Waals surface area contributed by atoms with Crippen LogP contribution < -0.4 is 27.4 Å². The number of carbonyl (C=O) groups is 7. The number of carboxylic acids is 3. The van der Waals surface area contributed by atoms with Crippen LogP contribution >= 0.6 is 11.8 Å². The summed E-state index contributed by atoms with van der Waals surface area (Å²) in [5.74, 6) is -7.76. The molecule has 0 aliphatic rings. The van der Waals surface area contributed by atoms with E-state index in [2.05, 4.69) is 10.6 Å². The number of hydrogen-bond donors (Lipinski definition) is 8. The highest BCUT2D eigenvalue weighted by Crippen LogP contribution is 2.05. The van der Waals surface area contributed by atoms with Crippen molar-refractivity contribution in [3.05, 3.63) is 0 Å². The first-order chi connectivity index (χ1) is 15.8. The molecule has 0 spiro atoms. The molecule has 0 rings (SSSR count). The molecule has 0 saturated heterocycles. The quantitative estimate of drug-likeness (QED) is 0.0968. The lowest BCUT2D eigenvalue weighted by Crippen LogP contribution is -2.58. The van der Waals surface area contributed by atoms with Crippen LogP contribution in [0.4, 0.5) is 0 Å². The van der Waals surface area contributed by atoms with Gasteiger partial charge in [0.25, 0.3) is 0 Å². The van der Waals surface area contributed by atoms with Gasteiger partial charge in [-0.2, -0.15) is 11.8 Å². The molecule has 0 radical (unpaired) electrons. The molecule has 0 aromatic rings. The van der Waals surface area contributed by atoms with Crippen LogP contribution in [-0.4, -0.2) is 93.0 Å². The average Bonchev–Trinajstić information content (AvgIpc) is 2.71. The zero-order chi connectivity index (χ0) is 26.4. The maximum atomic E-state index is 12.7. The smallest absolute Gasteiger partial charge is 0.326 e. The normalized spacial score (nSPS) is 14.1. The van der Waals surface area contributed by atoms with Gasteiger partial charge in [0.05, 0.1) is 18.9 Å². The van der Waals surface area contributed by atoms with Crippen LogP contribution in [0.2, 0.25) is 0 Å². The number of amides is 4. The minimum atomic E-state index is -1.63. The topological polar surface area (TPSA) is 268 Å². The number of carbonyl (C=O) groups excluding carboxylic acids is 4. The van der Waals surface area contributed by atoms with Crippen molar-refractivity contribution in [3.8, 4) is 0 Å². The van der Waals surface area contributed by atoms with Crippen LogP contribution in [0.15, 0.2) is 0 Å². The third kappa shape index (κ3) is 12.6. The van der Waals surface area contributed by atoms with Crippen molar-refractivity contribution in [2.45, 2.75) is 56.3 Å². The third-order valence-corrected chi connectivity index (χ3v) is 4.92. The van der Waals surface area contributed by atoms with Crippen molar-refractivity contribution in [3.63, 3.8) is 0 Å². The van der Waals surface area contributed by atoms with Gasteiger partial charge in [0, 0.05) is 6.42 Å². The van der Waals surface area contributed by atoms with E-state index in [0.29, 0.717) is 5.75 Å². The summed E-state index contributed by atoms with van der Waals surface area (Å²) in [6, 6.07) is -5.95. The van der Waals surface area contributed by atoms with Gasteiger partial charge in [-0.25, -0.2) is 4.79 Å². The predicted molar refractivity (Wildman–Crippen MR) is 117 cm³/mol. The Hall–Kier alpha value is -3.40. The van der Waals surface area contributed by atoms with E-state index in [1.807, 2.05) is 5.32 Å². The summed E-state index contributed by atoms with van der Waals surface area (Å²) in [5.41, 5.74) is 10.6. The van der Waals surface area contributed by atoms with Gasteiger partial charge in [-0.05, 0) is 24.9 Å². The fourth-order valence-corrected chi connectivity index (χ4v) is 3.02. The summed E-state index contributed by atoms with van der Waals surface area (Å²) in [4.78, 5) is 81.6. The van der Waals surface area contributed by atoms with Gasteiger partial charge >= 0.3 is 17.9 Å². The second-order valence-corrected chi connectivity index (χ2v) is 8.10. The number of nitrogens with two attached hydrogens (primary N) is 2. The Balaban J connectivity index is 5.50. The lowest BCUT2D eigenvalue weighted by Gasteiger charge is -2.24. The molecule has 4 atom stereocenters. The van der Waals surface area contributed by atoms with E-state index in [1.54, 1.807) is 6.26 Å². The molecular weight excluding hydrogens is 478 g/mol. The summed E-state index contributed by atoms with van der Waals surface area (Å²) in [6.45, 7) is 0. The highest BCUT2D eigenvalue weighted by atomic mass is 32.2. The minimum Gasteiger partial charge on any atom is -0.481 e. The number of primary amides is 1. The molecule has 0 aliphatic heterocycles. The summed E-state index contributed by atoms with van der Waals surface area (Å²) < 4.78 is 0. The Morgan fingerprint density at radius 2 is 1.29 bits per heavy atom. The van der Waals surface area contributed by atoms with Crippen LogP contribution in [0, 0.1) is 0 Å². The SMILES string of the molecule is CSCCC(NC(=O)C(N)CC(=O)O)C(=O)NC(CC(N)=O)C(=O)NC(CCC(=O)O)C(=O)O. The first kappa shape index (κ1) is 30.6. The van der Waals surface area contributed by atoms with Gasteiger partial charge in [-0.15, -0.1) is 0 Å². The van der Waals surface area contributed by atoms with Crippen LogP contribution in [0.3, 0.4) is 0 Å². The Kier molecular flexibility index (Phi) is 13.9. The van der Waals surface area contributed by atoms with E-state index in [-0.39, 0.29) is 6.42 Å². The Bertz CT molecular complexity index is 793. The highest BCUT2D eigenvalue weighted by molar-refractivity contribution is 7.98. The number of carboxylic acid groups (broad SMARTS) is 3. The first-order valence-electron chi connectivity index (χ1n) is 9.88. The average molecular weight is 508 g/mol.